The van der Waals surface area contributed by atoms with Gasteiger partial charge in [-0.2, -0.15) is 0 Å². The van der Waals surface area contributed by atoms with Crippen LogP contribution >= 0.6 is 0 Å². The number of ether oxygens (including phenoxy) is 2. The zero-order valence-corrected chi connectivity index (χ0v) is 12.2. The molecule has 1 aromatic heterocycles. The fraction of sp³-hybridized carbons (Fsp3) is 0.625. The molecule has 1 aliphatic heterocycles. The van der Waals surface area contributed by atoms with Crippen LogP contribution in [0.25, 0.3) is 0 Å². The lowest BCUT2D eigenvalue weighted by molar-refractivity contribution is 0.0927. The number of pyridine rings is 1. The minimum Gasteiger partial charge on any atom is -0.472 e. The summed E-state index contributed by atoms with van der Waals surface area (Å²) in [7, 11) is 0. The number of rotatable bonds is 4. The molecule has 21 heavy (non-hydrogen) atoms. The number of carbonyl (C=O) groups excluding carboxylic acids is 1. The second-order valence-corrected chi connectivity index (χ2v) is 5.80. The van der Waals surface area contributed by atoms with Crippen molar-refractivity contribution in [2.45, 2.75) is 50.7 Å². The van der Waals surface area contributed by atoms with Gasteiger partial charge in [0.05, 0.1) is 18.8 Å². The third kappa shape index (κ3) is 3.94. The molecule has 0 aromatic carbocycles. The summed E-state index contributed by atoms with van der Waals surface area (Å²) in [6.45, 7) is 1.36. The average molecular weight is 290 g/mol. The smallest absolute Gasteiger partial charge is 0.253 e. The van der Waals surface area contributed by atoms with Crippen LogP contribution in [-0.2, 0) is 4.74 Å². The summed E-state index contributed by atoms with van der Waals surface area (Å²) in [5, 5.41) is 3.09. The van der Waals surface area contributed by atoms with Crippen molar-refractivity contribution in [1.82, 2.24) is 10.3 Å². The summed E-state index contributed by atoms with van der Waals surface area (Å²) in [5.74, 6) is 0.518. The molecule has 5 nitrogen and oxygen atoms in total. The van der Waals surface area contributed by atoms with Gasteiger partial charge in [-0.05, 0) is 18.9 Å². The molecule has 2 fully saturated rings. The molecular formula is C16H22N2O3. The lowest BCUT2D eigenvalue weighted by atomic mass is 9.95. The molecule has 1 aliphatic carbocycles. The summed E-state index contributed by atoms with van der Waals surface area (Å²) in [4.78, 5) is 16.4. The molecule has 1 saturated heterocycles. The van der Waals surface area contributed by atoms with Crippen molar-refractivity contribution in [3.8, 4) is 5.88 Å². The van der Waals surface area contributed by atoms with Crippen molar-refractivity contribution in [2.24, 2.45) is 0 Å². The summed E-state index contributed by atoms with van der Waals surface area (Å²) >= 11 is 0. The van der Waals surface area contributed by atoms with Gasteiger partial charge in [-0.1, -0.05) is 19.3 Å². The third-order valence-corrected chi connectivity index (χ3v) is 4.11. The molecule has 1 saturated carbocycles. The van der Waals surface area contributed by atoms with Crippen LogP contribution < -0.4 is 10.1 Å². The summed E-state index contributed by atoms with van der Waals surface area (Å²) < 4.78 is 11.0. The number of nitrogens with zero attached hydrogens (tertiary/aromatic N) is 1. The van der Waals surface area contributed by atoms with Crippen LogP contribution in [0.5, 0.6) is 5.88 Å². The quantitative estimate of drug-likeness (QED) is 0.924. The van der Waals surface area contributed by atoms with Crippen LogP contribution in [0.1, 0.15) is 48.9 Å². The maximum Gasteiger partial charge on any atom is 0.253 e. The van der Waals surface area contributed by atoms with Gasteiger partial charge < -0.3 is 14.8 Å². The van der Waals surface area contributed by atoms with Gasteiger partial charge >= 0.3 is 0 Å². The van der Waals surface area contributed by atoms with Gasteiger partial charge in [0.15, 0.2) is 0 Å². The number of amides is 1. The Morgan fingerprint density at radius 3 is 2.76 bits per heavy atom. The Labute approximate surface area is 125 Å². The van der Waals surface area contributed by atoms with E-state index in [1.807, 2.05) is 0 Å². The van der Waals surface area contributed by atoms with E-state index in [0.717, 1.165) is 25.9 Å². The Morgan fingerprint density at radius 1 is 1.24 bits per heavy atom. The van der Waals surface area contributed by atoms with E-state index in [1.165, 1.54) is 19.3 Å². The molecule has 5 heteroatoms. The Hall–Kier alpha value is -1.62. The highest BCUT2D eigenvalue weighted by Crippen LogP contribution is 2.18. The van der Waals surface area contributed by atoms with Crippen molar-refractivity contribution < 1.29 is 14.3 Å². The Bertz CT molecular complexity index is 463. The molecule has 0 radical (unpaired) electrons. The predicted octanol–water partition coefficient (Wildman–Crippen LogP) is 2.31. The van der Waals surface area contributed by atoms with E-state index in [9.17, 15) is 4.79 Å². The van der Waals surface area contributed by atoms with Crippen LogP contribution in [0.2, 0.25) is 0 Å². The highest BCUT2D eigenvalue weighted by molar-refractivity contribution is 5.94. The second kappa shape index (κ2) is 6.89. The molecule has 1 aromatic rings. The molecule has 1 N–H and O–H groups in total. The second-order valence-electron chi connectivity index (χ2n) is 5.80. The Kier molecular flexibility index (Phi) is 4.70. The maximum atomic E-state index is 12.2. The summed E-state index contributed by atoms with van der Waals surface area (Å²) in [5.41, 5.74) is 0.593. The van der Waals surface area contributed by atoms with Crippen LogP contribution in [-0.4, -0.2) is 36.3 Å². The monoisotopic (exact) mass is 290 g/mol. The van der Waals surface area contributed by atoms with Crippen molar-refractivity contribution in [3.63, 3.8) is 0 Å². The van der Waals surface area contributed by atoms with Gasteiger partial charge in [0, 0.05) is 24.7 Å². The molecule has 0 spiro atoms. The number of nitrogens with one attached hydrogen (secondary N) is 1. The Balaban J connectivity index is 1.53. The van der Waals surface area contributed by atoms with Gasteiger partial charge in [-0.15, -0.1) is 0 Å². The number of aromatic nitrogens is 1. The molecule has 1 unspecified atom stereocenters. The largest absolute Gasteiger partial charge is 0.472 e. The predicted molar refractivity (Wildman–Crippen MR) is 78.4 cm³/mol. The van der Waals surface area contributed by atoms with Crippen molar-refractivity contribution in [2.75, 3.05) is 13.2 Å². The third-order valence-electron chi connectivity index (χ3n) is 4.11. The van der Waals surface area contributed by atoms with Crippen LogP contribution in [0.15, 0.2) is 18.3 Å². The molecule has 1 atom stereocenters. The lowest BCUT2D eigenvalue weighted by Gasteiger charge is -2.22. The van der Waals surface area contributed by atoms with Crippen LogP contribution in [0.3, 0.4) is 0 Å². The summed E-state index contributed by atoms with van der Waals surface area (Å²) in [6, 6.07) is 3.85. The topological polar surface area (TPSA) is 60.5 Å². The highest BCUT2D eigenvalue weighted by Gasteiger charge is 2.19. The minimum atomic E-state index is -0.0369. The van der Waals surface area contributed by atoms with Gasteiger partial charge in [-0.25, -0.2) is 4.98 Å². The van der Waals surface area contributed by atoms with E-state index >= 15 is 0 Å². The van der Waals surface area contributed by atoms with E-state index < -0.39 is 0 Å². The van der Waals surface area contributed by atoms with Gasteiger partial charge in [0.2, 0.25) is 5.88 Å². The Morgan fingerprint density at radius 2 is 2.10 bits per heavy atom. The first-order chi connectivity index (χ1) is 10.3. The van der Waals surface area contributed by atoms with Gasteiger partial charge in [-0.3, -0.25) is 4.79 Å². The molecule has 1 amide bonds. The fourth-order valence-electron chi connectivity index (χ4n) is 2.88. The molecular weight excluding hydrogens is 268 g/mol. The standard InChI is InChI=1S/C16H22N2O3/c19-16(18-13-4-2-1-3-5-13)12-6-7-15(17-10-12)21-14-8-9-20-11-14/h6-7,10,13-14H,1-5,8-9,11H2,(H,18,19). The zero-order valence-electron chi connectivity index (χ0n) is 12.2. The lowest BCUT2D eigenvalue weighted by Crippen LogP contribution is -2.36. The number of hydrogen-bond donors (Lipinski definition) is 1. The minimum absolute atomic E-state index is 0.0369. The number of hydrogen-bond acceptors (Lipinski definition) is 4. The van der Waals surface area contributed by atoms with Crippen molar-refractivity contribution >= 4 is 5.91 Å². The van der Waals surface area contributed by atoms with E-state index in [4.69, 9.17) is 9.47 Å². The molecule has 2 aliphatic rings. The first-order valence-corrected chi connectivity index (χ1v) is 7.82. The first kappa shape index (κ1) is 14.3. The van der Waals surface area contributed by atoms with Gasteiger partial charge in [0.25, 0.3) is 5.91 Å². The van der Waals surface area contributed by atoms with E-state index in [0.29, 0.717) is 24.1 Å². The van der Waals surface area contributed by atoms with Crippen LogP contribution in [0, 0.1) is 0 Å². The average Bonchev–Trinajstić information content (AvgIpc) is 3.02. The number of carbonyl (C=O) groups is 1. The van der Waals surface area contributed by atoms with Crippen LogP contribution in [0.4, 0.5) is 0 Å². The van der Waals surface area contributed by atoms with E-state index in [-0.39, 0.29) is 12.0 Å². The molecule has 2 heterocycles. The van der Waals surface area contributed by atoms with Gasteiger partial charge in [0.1, 0.15) is 6.10 Å². The first-order valence-electron chi connectivity index (χ1n) is 7.82. The van der Waals surface area contributed by atoms with Crippen molar-refractivity contribution in [1.29, 1.82) is 0 Å². The molecule has 3 rings (SSSR count). The fourth-order valence-corrected chi connectivity index (χ4v) is 2.88. The summed E-state index contributed by atoms with van der Waals surface area (Å²) in [6.07, 6.45) is 8.43. The zero-order chi connectivity index (χ0) is 14.5. The van der Waals surface area contributed by atoms with E-state index in [1.54, 1.807) is 18.3 Å². The SMILES string of the molecule is O=C(NC1CCCCC1)c1ccc(OC2CCOC2)nc1. The van der Waals surface area contributed by atoms with E-state index in [2.05, 4.69) is 10.3 Å². The maximum absolute atomic E-state index is 12.2. The molecule has 0 bridgehead atoms. The van der Waals surface area contributed by atoms with Crippen molar-refractivity contribution in [3.05, 3.63) is 23.9 Å². The molecule has 114 valence electrons. The highest BCUT2D eigenvalue weighted by atomic mass is 16.5. The normalized spacial score (nSPS) is 23.0.